The molecular weight excluding hydrogens is 422 g/mol. The van der Waals surface area contributed by atoms with E-state index in [1.807, 2.05) is 53.1 Å². The van der Waals surface area contributed by atoms with Crippen LogP contribution in [-0.4, -0.2) is 38.5 Å². The van der Waals surface area contributed by atoms with Gasteiger partial charge in [0, 0.05) is 18.0 Å². The molecule has 7 nitrogen and oxygen atoms in total. The van der Waals surface area contributed by atoms with Crippen LogP contribution in [0, 0.1) is 0 Å². The number of methoxy groups -OCH3 is 1. The summed E-state index contributed by atoms with van der Waals surface area (Å²) in [6.45, 7) is 2.11. The molecule has 0 aliphatic heterocycles. The zero-order chi connectivity index (χ0) is 22.3. The van der Waals surface area contributed by atoms with Crippen LogP contribution in [0.4, 0.5) is 5.69 Å². The molecule has 0 spiro atoms. The van der Waals surface area contributed by atoms with Crippen molar-refractivity contribution >= 4 is 23.4 Å². The number of aryl methyl sites for hydroxylation is 1. The van der Waals surface area contributed by atoms with Gasteiger partial charge in [0.25, 0.3) is 0 Å². The summed E-state index contributed by atoms with van der Waals surface area (Å²) in [5.74, 6) is 1.33. The number of hydrogen-bond donors (Lipinski definition) is 1. The highest BCUT2D eigenvalue weighted by molar-refractivity contribution is 7.99. The number of aromatic nitrogens is 4. The summed E-state index contributed by atoms with van der Waals surface area (Å²) in [7, 11) is 1.58. The number of benzene rings is 2. The molecule has 0 fully saturated rings. The van der Waals surface area contributed by atoms with E-state index in [4.69, 9.17) is 4.74 Å². The molecular formula is C24H23N5O2S. The molecule has 2 aromatic carbocycles. The van der Waals surface area contributed by atoms with Crippen LogP contribution in [-0.2, 0) is 11.2 Å². The van der Waals surface area contributed by atoms with Gasteiger partial charge in [0.2, 0.25) is 5.91 Å². The van der Waals surface area contributed by atoms with Gasteiger partial charge in [0.15, 0.2) is 11.0 Å². The molecule has 1 amide bonds. The van der Waals surface area contributed by atoms with Crippen molar-refractivity contribution < 1.29 is 9.53 Å². The molecule has 4 rings (SSSR count). The number of hydrogen-bond acceptors (Lipinski definition) is 6. The van der Waals surface area contributed by atoms with E-state index in [1.165, 1.54) is 11.8 Å². The van der Waals surface area contributed by atoms with Gasteiger partial charge < -0.3 is 10.1 Å². The monoisotopic (exact) mass is 445 g/mol. The fraction of sp³-hybridized carbons (Fsp3) is 0.167. The zero-order valence-corrected chi connectivity index (χ0v) is 18.7. The highest BCUT2D eigenvalue weighted by atomic mass is 32.2. The van der Waals surface area contributed by atoms with Crippen molar-refractivity contribution in [1.29, 1.82) is 0 Å². The highest BCUT2D eigenvalue weighted by Gasteiger charge is 2.19. The molecule has 162 valence electrons. The first kappa shape index (κ1) is 21.6. The molecule has 0 radical (unpaired) electrons. The van der Waals surface area contributed by atoms with Crippen LogP contribution >= 0.6 is 11.8 Å². The Labute approximate surface area is 190 Å². The van der Waals surface area contributed by atoms with E-state index in [9.17, 15) is 4.79 Å². The van der Waals surface area contributed by atoms with Crippen LogP contribution in [0.5, 0.6) is 5.75 Å². The molecule has 0 atom stereocenters. The minimum absolute atomic E-state index is 0.152. The topological polar surface area (TPSA) is 81.9 Å². The average Bonchev–Trinajstić information content (AvgIpc) is 3.27. The number of carbonyl (C=O) groups excluding carboxylic acids is 1. The molecule has 0 unspecified atom stereocenters. The Kier molecular flexibility index (Phi) is 6.81. The van der Waals surface area contributed by atoms with E-state index in [1.54, 1.807) is 25.6 Å². The van der Waals surface area contributed by atoms with Crippen molar-refractivity contribution in [1.82, 2.24) is 19.7 Å². The summed E-state index contributed by atoms with van der Waals surface area (Å²) < 4.78 is 7.31. The van der Waals surface area contributed by atoms with Gasteiger partial charge in [-0.25, -0.2) is 0 Å². The van der Waals surface area contributed by atoms with Gasteiger partial charge in [-0.3, -0.25) is 14.3 Å². The molecule has 32 heavy (non-hydrogen) atoms. The number of nitrogens with zero attached hydrogens (tertiary/aromatic N) is 4. The third-order valence-electron chi connectivity index (χ3n) is 4.88. The number of nitrogens with one attached hydrogen (secondary N) is 1. The quantitative estimate of drug-likeness (QED) is 0.398. The largest absolute Gasteiger partial charge is 0.495 e. The Bertz CT molecular complexity index is 1210. The highest BCUT2D eigenvalue weighted by Crippen LogP contribution is 2.30. The van der Waals surface area contributed by atoms with Crippen LogP contribution < -0.4 is 10.1 Å². The maximum Gasteiger partial charge on any atom is 0.234 e. The van der Waals surface area contributed by atoms with Gasteiger partial charge in [-0.05, 0) is 42.3 Å². The van der Waals surface area contributed by atoms with E-state index < -0.39 is 0 Å². The normalized spacial score (nSPS) is 10.7. The van der Waals surface area contributed by atoms with E-state index in [2.05, 4.69) is 33.5 Å². The molecule has 0 saturated heterocycles. The predicted molar refractivity (Wildman–Crippen MR) is 126 cm³/mol. The molecule has 4 aromatic rings. The first-order valence-corrected chi connectivity index (χ1v) is 11.2. The second-order valence-electron chi connectivity index (χ2n) is 6.90. The lowest BCUT2D eigenvalue weighted by Crippen LogP contribution is -2.15. The first-order valence-electron chi connectivity index (χ1n) is 10.2. The molecule has 1 N–H and O–H groups in total. The minimum atomic E-state index is -0.152. The van der Waals surface area contributed by atoms with Gasteiger partial charge in [-0.15, -0.1) is 10.2 Å². The van der Waals surface area contributed by atoms with Crippen LogP contribution in [0.1, 0.15) is 12.5 Å². The average molecular weight is 446 g/mol. The molecule has 2 aromatic heterocycles. The number of pyridine rings is 1. The lowest BCUT2D eigenvalue weighted by molar-refractivity contribution is -0.113. The van der Waals surface area contributed by atoms with Gasteiger partial charge >= 0.3 is 0 Å². The van der Waals surface area contributed by atoms with E-state index in [0.717, 1.165) is 23.2 Å². The van der Waals surface area contributed by atoms with E-state index in [-0.39, 0.29) is 11.7 Å². The lowest BCUT2D eigenvalue weighted by atomic mass is 10.1. The molecule has 2 heterocycles. The number of amides is 1. The van der Waals surface area contributed by atoms with E-state index >= 15 is 0 Å². The SMILES string of the molecule is CCc1ccccc1-n1c(SCC(=O)Nc2ccccc2OC)nnc1-c1cccnc1. The Morgan fingerprint density at radius 2 is 1.88 bits per heavy atom. The number of carbonyl (C=O) groups is 1. The predicted octanol–water partition coefficient (Wildman–Crippen LogP) is 4.63. The number of thioether (sulfide) groups is 1. The van der Waals surface area contributed by atoms with Gasteiger partial charge in [0.05, 0.1) is 24.2 Å². The fourth-order valence-electron chi connectivity index (χ4n) is 3.35. The zero-order valence-electron chi connectivity index (χ0n) is 17.9. The van der Waals surface area contributed by atoms with Gasteiger partial charge in [-0.1, -0.05) is 49.0 Å². The first-order chi connectivity index (χ1) is 15.7. The Hall–Kier alpha value is -3.65. The smallest absolute Gasteiger partial charge is 0.234 e. The van der Waals surface area contributed by atoms with Crippen LogP contribution in [0.15, 0.2) is 78.2 Å². The van der Waals surface area contributed by atoms with Crippen LogP contribution in [0.2, 0.25) is 0 Å². The molecule has 8 heteroatoms. The number of anilines is 1. The summed E-state index contributed by atoms with van der Waals surface area (Å²) in [5.41, 5.74) is 3.65. The van der Waals surface area contributed by atoms with Gasteiger partial charge in [0.1, 0.15) is 5.75 Å². The maximum atomic E-state index is 12.6. The second kappa shape index (κ2) is 10.1. The Morgan fingerprint density at radius 3 is 2.66 bits per heavy atom. The van der Waals surface area contributed by atoms with Crippen molar-refractivity contribution in [3.63, 3.8) is 0 Å². The second-order valence-corrected chi connectivity index (χ2v) is 7.85. The molecule has 0 saturated carbocycles. The standard InChI is InChI=1S/C24H23N5O2S/c1-3-17-9-4-6-12-20(17)29-23(18-10-8-14-25-15-18)27-28-24(29)32-16-22(30)26-19-11-5-7-13-21(19)31-2/h4-15H,3,16H2,1-2H3,(H,26,30). The molecule has 0 bridgehead atoms. The number of para-hydroxylation sites is 3. The van der Waals surface area contributed by atoms with Crippen molar-refractivity contribution in [3.8, 4) is 22.8 Å². The lowest BCUT2D eigenvalue weighted by Gasteiger charge is -2.14. The molecule has 0 aliphatic rings. The van der Waals surface area contributed by atoms with Crippen molar-refractivity contribution in [2.45, 2.75) is 18.5 Å². The van der Waals surface area contributed by atoms with E-state index in [0.29, 0.717) is 22.4 Å². The maximum absolute atomic E-state index is 12.6. The van der Waals surface area contributed by atoms with Gasteiger partial charge in [-0.2, -0.15) is 0 Å². The number of rotatable bonds is 8. The van der Waals surface area contributed by atoms with Crippen molar-refractivity contribution in [2.24, 2.45) is 0 Å². The minimum Gasteiger partial charge on any atom is -0.495 e. The van der Waals surface area contributed by atoms with Crippen molar-refractivity contribution in [3.05, 3.63) is 78.6 Å². The summed E-state index contributed by atoms with van der Waals surface area (Å²) in [4.78, 5) is 16.9. The molecule has 0 aliphatic carbocycles. The van der Waals surface area contributed by atoms with Crippen molar-refractivity contribution in [2.75, 3.05) is 18.2 Å². The van der Waals surface area contributed by atoms with Crippen LogP contribution in [0.25, 0.3) is 17.1 Å². The Balaban J connectivity index is 1.63. The summed E-state index contributed by atoms with van der Waals surface area (Å²) in [5, 5.41) is 12.4. The third-order valence-corrected chi connectivity index (χ3v) is 5.81. The summed E-state index contributed by atoms with van der Waals surface area (Å²) in [6, 6.07) is 19.3. The fourth-order valence-corrected chi connectivity index (χ4v) is 4.10. The number of ether oxygens (including phenoxy) is 1. The van der Waals surface area contributed by atoms with Crippen LogP contribution in [0.3, 0.4) is 0 Å². The third kappa shape index (κ3) is 4.65. The summed E-state index contributed by atoms with van der Waals surface area (Å²) >= 11 is 1.33. The summed E-state index contributed by atoms with van der Waals surface area (Å²) in [6.07, 6.45) is 4.35. The Morgan fingerprint density at radius 1 is 1.06 bits per heavy atom.